The van der Waals surface area contributed by atoms with Crippen molar-refractivity contribution in [2.75, 3.05) is 36.6 Å². The maximum absolute atomic E-state index is 11.9. The number of carbonyl (C=O) groups excluding carboxylic acids is 1. The van der Waals surface area contributed by atoms with Gasteiger partial charge < -0.3 is 20.1 Å². The second kappa shape index (κ2) is 6.45. The summed E-state index contributed by atoms with van der Waals surface area (Å²) in [5, 5.41) is 6.06. The molecule has 126 valence electrons. The highest BCUT2D eigenvalue weighted by Crippen LogP contribution is 2.37. The van der Waals surface area contributed by atoms with Crippen molar-refractivity contribution in [3.63, 3.8) is 0 Å². The lowest BCUT2D eigenvalue weighted by molar-refractivity contribution is -0.119. The van der Waals surface area contributed by atoms with Crippen LogP contribution in [0, 0.1) is 0 Å². The predicted octanol–water partition coefficient (Wildman–Crippen LogP) is 0.826. The Bertz CT molecular complexity index is 722. The summed E-state index contributed by atoms with van der Waals surface area (Å²) < 4.78 is 33.6. The van der Waals surface area contributed by atoms with Gasteiger partial charge in [-0.2, -0.15) is 0 Å². The fourth-order valence-electron chi connectivity index (χ4n) is 2.56. The van der Waals surface area contributed by atoms with Gasteiger partial charge in [0.1, 0.15) is 13.2 Å². The topological polar surface area (TPSA) is 93.7 Å². The highest BCUT2D eigenvalue weighted by Gasteiger charge is 2.28. The number of hydrogen-bond donors (Lipinski definition) is 2. The van der Waals surface area contributed by atoms with Crippen molar-refractivity contribution in [2.45, 2.75) is 12.5 Å². The Hall–Kier alpha value is -1.67. The van der Waals surface area contributed by atoms with Crippen LogP contribution >= 0.6 is 11.6 Å². The molecule has 2 aliphatic rings. The highest BCUT2D eigenvalue weighted by molar-refractivity contribution is 7.91. The zero-order valence-corrected chi connectivity index (χ0v) is 13.9. The third-order valence-corrected chi connectivity index (χ3v) is 5.75. The molecule has 0 bridgehead atoms. The molecule has 1 fully saturated rings. The molecule has 1 aromatic carbocycles. The number of hydrogen-bond acceptors (Lipinski definition) is 6. The summed E-state index contributed by atoms with van der Waals surface area (Å²) in [4.78, 5) is 11.9. The number of anilines is 1. The first-order chi connectivity index (χ1) is 10.9. The molecule has 2 N–H and O–H groups in total. The van der Waals surface area contributed by atoms with E-state index < -0.39 is 9.84 Å². The average molecular weight is 361 g/mol. The molecule has 2 heterocycles. The summed E-state index contributed by atoms with van der Waals surface area (Å²) in [7, 11) is -3.01. The summed E-state index contributed by atoms with van der Waals surface area (Å²) in [5.74, 6) is 0.999. The standard InChI is InChI=1S/C14H17ClN2O5S/c15-10-5-12-13(22-3-2-21-12)6-11(10)16-7-14(18)17-9-1-4-23(19,20)8-9/h5-6,9,16H,1-4,7-8H2,(H,17,18)/t9-/m0/s1. The van der Waals surface area contributed by atoms with E-state index in [9.17, 15) is 13.2 Å². The minimum atomic E-state index is -3.01. The molecular formula is C14H17ClN2O5S. The van der Waals surface area contributed by atoms with E-state index in [1.807, 2.05) is 0 Å². The molecule has 0 unspecified atom stereocenters. The number of ether oxygens (including phenoxy) is 2. The molecule has 2 aliphatic heterocycles. The van der Waals surface area contributed by atoms with Crippen LogP contribution in [0.25, 0.3) is 0 Å². The lowest BCUT2D eigenvalue weighted by Gasteiger charge is -2.20. The maximum Gasteiger partial charge on any atom is 0.239 e. The second-order valence-electron chi connectivity index (χ2n) is 5.50. The number of carbonyl (C=O) groups is 1. The molecule has 1 aromatic rings. The zero-order valence-electron chi connectivity index (χ0n) is 12.3. The first-order valence-corrected chi connectivity index (χ1v) is 9.46. The van der Waals surface area contributed by atoms with Crippen LogP contribution < -0.4 is 20.1 Å². The number of rotatable bonds is 4. The lowest BCUT2D eigenvalue weighted by Crippen LogP contribution is -2.39. The van der Waals surface area contributed by atoms with E-state index in [-0.39, 0.29) is 30.0 Å². The molecule has 23 heavy (non-hydrogen) atoms. The molecule has 3 rings (SSSR count). The Balaban J connectivity index is 1.57. The fraction of sp³-hybridized carbons (Fsp3) is 0.500. The van der Waals surface area contributed by atoms with Crippen LogP contribution in [0.5, 0.6) is 11.5 Å². The van der Waals surface area contributed by atoms with Gasteiger partial charge in [-0.15, -0.1) is 0 Å². The summed E-state index contributed by atoms with van der Waals surface area (Å²) in [6.45, 7) is 0.934. The molecule has 0 saturated carbocycles. The van der Waals surface area contributed by atoms with Crippen molar-refractivity contribution in [3.8, 4) is 11.5 Å². The van der Waals surface area contributed by atoms with Crippen LogP contribution in [-0.2, 0) is 14.6 Å². The van der Waals surface area contributed by atoms with Gasteiger partial charge in [0, 0.05) is 18.2 Å². The van der Waals surface area contributed by atoms with E-state index in [0.717, 1.165) is 0 Å². The van der Waals surface area contributed by atoms with Crippen molar-refractivity contribution in [3.05, 3.63) is 17.2 Å². The monoisotopic (exact) mass is 360 g/mol. The third-order valence-electron chi connectivity index (χ3n) is 3.67. The van der Waals surface area contributed by atoms with Gasteiger partial charge in [-0.25, -0.2) is 8.42 Å². The second-order valence-corrected chi connectivity index (χ2v) is 8.13. The number of fused-ring (bicyclic) bond motifs is 1. The Morgan fingerprint density at radius 2 is 1.96 bits per heavy atom. The molecule has 0 aliphatic carbocycles. The molecular weight excluding hydrogens is 344 g/mol. The lowest BCUT2D eigenvalue weighted by atomic mass is 10.2. The molecule has 7 nitrogen and oxygen atoms in total. The molecule has 0 aromatic heterocycles. The van der Waals surface area contributed by atoms with Crippen LogP contribution in [-0.4, -0.2) is 51.6 Å². The molecule has 1 atom stereocenters. The fourth-order valence-corrected chi connectivity index (χ4v) is 4.46. The Labute approximate surface area is 139 Å². The number of benzene rings is 1. The summed E-state index contributed by atoms with van der Waals surface area (Å²) in [5.41, 5.74) is 0.560. The smallest absolute Gasteiger partial charge is 0.239 e. The van der Waals surface area contributed by atoms with E-state index in [2.05, 4.69) is 10.6 Å². The Kier molecular flexibility index (Phi) is 4.54. The van der Waals surface area contributed by atoms with Crippen LogP contribution in [0.15, 0.2) is 12.1 Å². The van der Waals surface area contributed by atoms with E-state index in [0.29, 0.717) is 41.8 Å². The van der Waals surface area contributed by atoms with E-state index >= 15 is 0 Å². The molecule has 0 spiro atoms. The number of halogens is 1. The van der Waals surface area contributed by atoms with Crippen molar-refractivity contribution in [1.82, 2.24) is 5.32 Å². The van der Waals surface area contributed by atoms with Gasteiger partial charge in [0.2, 0.25) is 5.91 Å². The Morgan fingerprint density at radius 3 is 2.61 bits per heavy atom. The summed E-state index contributed by atoms with van der Waals surface area (Å²) in [6, 6.07) is 3.01. The van der Waals surface area contributed by atoms with Crippen molar-refractivity contribution in [2.24, 2.45) is 0 Å². The Morgan fingerprint density at radius 1 is 1.26 bits per heavy atom. The highest BCUT2D eigenvalue weighted by atomic mass is 35.5. The first kappa shape index (κ1) is 16.2. The number of sulfone groups is 1. The number of amides is 1. The predicted molar refractivity (Wildman–Crippen MR) is 86.1 cm³/mol. The minimum absolute atomic E-state index is 0.00349. The minimum Gasteiger partial charge on any atom is -0.486 e. The van der Waals surface area contributed by atoms with Crippen LogP contribution in [0.4, 0.5) is 5.69 Å². The molecule has 1 amide bonds. The van der Waals surface area contributed by atoms with Crippen LogP contribution in [0.3, 0.4) is 0 Å². The largest absolute Gasteiger partial charge is 0.486 e. The molecule has 0 radical (unpaired) electrons. The van der Waals surface area contributed by atoms with Gasteiger partial charge in [-0.1, -0.05) is 11.6 Å². The SMILES string of the molecule is O=C(CNc1cc2c(cc1Cl)OCCO2)N[C@H]1CCS(=O)(=O)C1. The van der Waals surface area contributed by atoms with E-state index in [4.69, 9.17) is 21.1 Å². The van der Waals surface area contributed by atoms with Crippen molar-refractivity contribution in [1.29, 1.82) is 0 Å². The van der Waals surface area contributed by atoms with Gasteiger partial charge in [0.05, 0.1) is 28.8 Å². The van der Waals surface area contributed by atoms with Gasteiger partial charge in [-0.05, 0) is 6.42 Å². The summed E-state index contributed by atoms with van der Waals surface area (Å²) in [6.07, 6.45) is 0.457. The van der Waals surface area contributed by atoms with E-state index in [1.165, 1.54) is 0 Å². The first-order valence-electron chi connectivity index (χ1n) is 7.26. The van der Waals surface area contributed by atoms with Crippen molar-refractivity contribution >= 4 is 33.0 Å². The normalized spacial score (nSPS) is 21.7. The van der Waals surface area contributed by atoms with Gasteiger partial charge in [0.25, 0.3) is 0 Å². The third kappa shape index (κ3) is 4.00. The maximum atomic E-state index is 11.9. The van der Waals surface area contributed by atoms with Gasteiger partial charge in [-0.3, -0.25) is 4.79 Å². The van der Waals surface area contributed by atoms with Gasteiger partial charge >= 0.3 is 0 Å². The van der Waals surface area contributed by atoms with Gasteiger partial charge in [0.15, 0.2) is 21.3 Å². The van der Waals surface area contributed by atoms with Crippen molar-refractivity contribution < 1.29 is 22.7 Å². The molecule has 1 saturated heterocycles. The van der Waals surface area contributed by atoms with E-state index in [1.54, 1.807) is 12.1 Å². The average Bonchev–Trinajstić information content (AvgIpc) is 2.84. The molecule has 9 heteroatoms. The summed E-state index contributed by atoms with van der Waals surface area (Å²) >= 11 is 6.14. The quantitative estimate of drug-likeness (QED) is 0.826. The van der Waals surface area contributed by atoms with Crippen LogP contribution in [0.2, 0.25) is 5.02 Å². The number of nitrogens with one attached hydrogen (secondary N) is 2. The zero-order chi connectivity index (χ0) is 16.4. The van der Waals surface area contributed by atoms with Crippen LogP contribution in [0.1, 0.15) is 6.42 Å².